The number of hydrogen-bond donors (Lipinski definition) is 1. The van der Waals surface area contributed by atoms with Crippen molar-refractivity contribution in [3.63, 3.8) is 0 Å². The van der Waals surface area contributed by atoms with Crippen LogP contribution in [-0.4, -0.2) is 39.0 Å². The van der Waals surface area contributed by atoms with Gasteiger partial charge in [-0.3, -0.25) is 9.59 Å². The molecular formula is C15H22N2O3. The van der Waals surface area contributed by atoms with E-state index in [1.807, 2.05) is 4.90 Å². The van der Waals surface area contributed by atoms with E-state index in [9.17, 15) is 9.59 Å². The topological polar surface area (TPSA) is 62.5 Å². The van der Waals surface area contributed by atoms with Crippen molar-refractivity contribution in [1.82, 2.24) is 9.47 Å². The number of carbonyl (C=O) groups excluding carboxylic acids is 1. The Morgan fingerprint density at radius 3 is 2.85 bits per heavy atom. The second kappa shape index (κ2) is 6.59. The van der Waals surface area contributed by atoms with E-state index in [1.165, 1.54) is 11.0 Å². The number of carboxylic acid groups (broad SMARTS) is 1. The molecule has 0 bridgehead atoms. The Morgan fingerprint density at radius 2 is 2.15 bits per heavy atom. The van der Waals surface area contributed by atoms with Crippen LogP contribution in [0.15, 0.2) is 18.3 Å². The summed E-state index contributed by atoms with van der Waals surface area (Å²) in [4.78, 5) is 25.5. The lowest BCUT2D eigenvalue weighted by molar-refractivity contribution is -0.137. The normalized spacial score (nSPS) is 19.6. The fraction of sp³-hybridized carbons (Fsp3) is 0.600. The zero-order valence-electron chi connectivity index (χ0n) is 11.9. The van der Waals surface area contributed by atoms with Crippen LogP contribution in [0.3, 0.4) is 0 Å². The molecule has 1 atom stereocenters. The van der Waals surface area contributed by atoms with Crippen LogP contribution >= 0.6 is 0 Å². The molecule has 2 rings (SSSR count). The number of carboxylic acids is 1. The average molecular weight is 278 g/mol. The first kappa shape index (κ1) is 14.6. The van der Waals surface area contributed by atoms with Crippen LogP contribution in [0.1, 0.15) is 49.5 Å². The Kier molecular flexibility index (Phi) is 4.82. The molecule has 1 aliphatic heterocycles. The van der Waals surface area contributed by atoms with E-state index in [2.05, 4.69) is 6.92 Å². The highest BCUT2D eigenvalue weighted by molar-refractivity contribution is 5.93. The van der Waals surface area contributed by atoms with Gasteiger partial charge in [0.15, 0.2) is 0 Å². The standard InChI is InChI=1S/C15H22N2O3/c1-2-12-7-4-3-5-10-17(12)15(20)13-8-6-9-16(13)11-14(18)19/h6,8-9,12H,2-5,7,10-11H2,1H3,(H,18,19). The number of amides is 1. The lowest BCUT2D eigenvalue weighted by Crippen LogP contribution is -2.40. The van der Waals surface area contributed by atoms with Crippen LogP contribution in [-0.2, 0) is 11.3 Å². The van der Waals surface area contributed by atoms with Crippen molar-refractivity contribution < 1.29 is 14.7 Å². The van der Waals surface area contributed by atoms with Crippen molar-refractivity contribution in [2.75, 3.05) is 6.54 Å². The summed E-state index contributed by atoms with van der Waals surface area (Å²) in [6.45, 7) is 2.71. The molecule has 1 fully saturated rings. The van der Waals surface area contributed by atoms with Crippen LogP contribution in [0.4, 0.5) is 0 Å². The molecular weight excluding hydrogens is 256 g/mol. The molecule has 1 aromatic heterocycles. The molecule has 0 saturated carbocycles. The summed E-state index contributed by atoms with van der Waals surface area (Å²) >= 11 is 0. The monoisotopic (exact) mass is 278 g/mol. The molecule has 20 heavy (non-hydrogen) atoms. The molecule has 0 spiro atoms. The SMILES string of the molecule is CCC1CCCCCN1C(=O)c1cccn1CC(=O)O. The van der Waals surface area contributed by atoms with E-state index >= 15 is 0 Å². The fourth-order valence-electron chi connectivity index (χ4n) is 2.91. The number of carbonyl (C=O) groups is 2. The molecule has 1 saturated heterocycles. The maximum absolute atomic E-state index is 12.7. The number of aromatic nitrogens is 1. The van der Waals surface area contributed by atoms with Crippen molar-refractivity contribution >= 4 is 11.9 Å². The summed E-state index contributed by atoms with van der Waals surface area (Å²) in [6, 6.07) is 3.72. The Hall–Kier alpha value is -1.78. The van der Waals surface area contributed by atoms with Crippen LogP contribution in [0.25, 0.3) is 0 Å². The van der Waals surface area contributed by atoms with E-state index in [0.717, 1.165) is 32.2 Å². The van der Waals surface area contributed by atoms with Gasteiger partial charge in [-0.05, 0) is 31.4 Å². The number of hydrogen-bond acceptors (Lipinski definition) is 2. The molecule has 1 amide bonds. The van der Waals surface area contributed by atoms with Gasteiger partial charge in [-0.1, -0.05) is 19.8 Å². The second-order valence-electron chi connectivity index (χ2n) is 5.33. The maximum Gasteiger partial charge on any atom is 0.323 e. The van der Waals surface area contributed by atoms with Gasteiger partial charge in [-0.15, -0.1) is 0 Å². The first-order valence-corrected chi connectivity index (χ1v) is 7.31. The van der Waals surface area contributed by atoms with Crippen LogP contribution in [0.5, 0.6) is 0 Å². The van der Waals surface area contributed by atoms with Gasteiger partial charge in [0.2, 0.25) is 0 Å². The van der Waals surface area contributed by atoms with E-state index < -0.39 is 5.97 Å². The van der Waals surface area contributed by atoms with E-state index in [0.29, 0.717) is 5.69 Å². The molecule has 1 aromatic rings. The van der Waals surface area contributed by atoms with Gasteiger partial charge in [0.25, 0.3) is 5.91 Å². The summed E-state index contributed by atoms with van der Waals surface area (Å²) in [5, 5.41) is 8.90. The maximum atomic E-state index is 12.7. The van der Waals surface area contributed by atoms with Crippen molar-refractivity contribution in [3.8, 4) is 0 Å². The molecule has 1 unspecified atom stereocenters. The van der Waals surface area contributed by atoms with Gasteiger partial charge >= 0.3 is 5.97 Å². The molecule has 5 heteroatoms. The smallest absolute Gasteiger partial charge is 0.323 e. The molecule has 0 radical (unpaired) electrons. The van der Waals surface area contributed by atoms with Crippen LogP contribution < -0.4 is 0 Å². The molecule has 2 heterocycles. The van der Waals surface area contributed by atoms with Gasteiger partial charge in [-0.2, -0.15) is 0 Å². The van der Waals surface area contributed by atoms with E-state index in [-0.39, 0.29) is 18.5 Å². The highest BCUT2D eigenvalue weighted by atomic mass is 16.4. The minimum atomic E-state index is -0.932. The predicted octanol–water partition coefficient (Wildman–Crippen LogP) is 2.37. The molecule has 5 nitrogen and oxygen atoms in total. The van der Waals surface area contributed by atoms with Gasteiger partial charge in [-0.25, -0.2) is 0 Å². The number of nitrogens with zero attached hydrogens (tertiary/aromatic N) is 2. The zero-order valence-corrected chi connectivity index (χ0v) is 11.9. The highest BCUT2D eigenvalue weighted by Gasteiger charge is 2.26. The van der Waals surface area contributed by atoms with Gasteiger partial charge in [0.05, 0.1) is 0 Å². The summed E-state index contributed by atoms with van der Waals surface area (Å²) in [7, 11) is 0. The Balaban J connectivity index is 2.20. The molecule has 0 aromatic carbocycles. The van der Waals surface area contributed by atoms with Crippen LogP contribution in [0.2, 0.25) is 0 Å². The number of aliphatic carboxylic acids is 1. The van der Waals surface area contributed by atoms with Crippen LogP contribution in [0, 0.1) is 0 Å². The molecule has 1 aliphatic rings. The van der Waals surface area contributed by atoms with Gasteiger partial charge in [0.1, 0.15) is 12.2 Å². The largest absolute Gasteiger partial charge is 0.480 e. The first-order chi connectivity index (χ1) is 9.63. The quantitative estimate of drug-likeness (QED) is 0.919. The van der Waals surface area contributed by atoms with Crippen molar-refractivity contribution in [2.45, 2.75) is 51.6 Å². The van der Waals surface area contributed by atoms with E-state index in [4.69, 9.17) is 5.11 Å². The molecule has 0 aliphatic carbocycles. The third-order valence-electron chi connectivity index (χ3n) is 3.96. The summed E-state index contributed by atoms with van der Waals surface area (Å²) in [5.74, 6) is -0.969. The van der Waals surface area contributed by atoms with Gasteiger partial charge in [0, 0.05) is 18.8 Å². The lowest BCUT2D eigenvalue weighted by atomic mass is 10.1. The average Bonchev–Trinajstić information content (AvgIpc) is 2.73. The van der Waals surface area contributed by atoms with Crippen molar-refractivity contribution in [3.05, 3.63) is 24.0 Å². The van der Waals surface area contributed by atoms with E-state index in [1.54, 1.807) is 18.3 Å². The number of likely N-dealkylation sites (tertiary alicyclic amines) is 1. The first-order valence-electron chi connectivity index (χ1n) is 7.31. The summed E-state index contributed by atoms with van der Waals surface area (Å²) in [6.07, 6.45) is 7.00. The number of rotatable bonds is 4. The zero-order chi connectivity index (χ0) is 14.5. The molecule has 1 N–H and O–H groups in total. The second-order valence-corrected chi connectivity index (χ2v) is 5.33. The predicted molar refractivity (Wildman–Crippen MR) is 75.7 cm³/mol. The minimum absolute atomic E-state index is 0.0370. The minimum Gasteiger partial charge on any atom is -0.480 e. The summed E-state index contributed by atoms with van der Waals surface area (Å²) < 4.78 is 1.52. The van der Waals surface area contributed by atoms with Crippen molar-refractivity contribution in [2.24, 2.45) is 0 Å². The van der Waals surface area contributed by atoms with Gasteiger partial charge < -0.3 is 14.6 Å². The fourth-order valence-corrected chi connectivity index (χ4v) is 2.91. The third-order valence-corrected chi connectivity index (χ3v) is 3.96. The third kappa shape index (κ3) is 3.21. The highest BCUT2D eigenvalue weighted by Crippen LogP contribution is 2.21. The Bertz CT molecular complexity index is 481. The Labute approximate surface area is 119 Å². The van der Waals surface area contributed by atoms with Crippen molar-refractivity contribution in [1.29, 1.82) is 0 Å². The Morgan fingerprint density at radius 1 is 1.35 bits per heavy atom. The summed E-state index contributed by atoms with van der Waals surface area (Å²) in [5.41, 5.74) is 0.479. The lowest BCUT2D eigenvalue weighted by Gasteiger charge is -2.29. The molecule has 110 valence electrons.